The van der Waals surface area contributed by atoms with E-state index in [1.54, 1.807) is 19.9 Å². The van der Waals surface area contributed by atoms with Crippen LogP contribution in [0.1, 0.15) is 25.0 Å². The van der Waals surface area contributed by atoms with Crippen molar-refractivity contribution in [3.8, 4) is 0 Å². The first-order valence-electron chi connectivity index (χ1n) is 8.03. The Morgan fingerprint density at radius 2 is 1.92 bits per heavy atom. The maximum Gasteiger partial charge on any atom is 0.326 e. The first-order valence-corrected chi connectivity index (χ1v) is 9.25. The van der Waals surface area contributed by atoms with Crippen molar-refractivity contribution >= 4 is 52.2 Å². The van der Waals surface area contributed by atoms with Gasteiger partial charge in [0.15, 0.2) is 0 Å². The summed E-state index contributed by atoms with van der Waals surface area (Å²) in [7, 11) is 0. The highest BCUT2D eigenvalue weighted by Gasteiger charge is 2.34. The van der Waals surface area contributed by atoms with Gasteiger partial charge < -0.3 is 10.4 Å². The Morgan fingerprint density at radius 3 is 2.46 bits per heavy atom. The van der Waals surface area contributed by atoms with Crippen LogP contribution in [0, 0.1) is 12.8 Å². The van der Waals surface area contributed by atoms with Crippen molar-refractivity contribution in [2.24, 2.45) is 5.92 Å². The molecule has 1 atom stereocenters. The fraction of sp³-hybridized carbons (Fsp3) is 0.333. The third-order valence-corrected chi connectivity index (χ3v) is 5.18. The molecule has 138 valence electrons. The van der Waals surface area contributed by atoms with Gasteiger partial charge in [-0.1, -0.05) is 67.7 Å². The van der Waals surface area contributed by atoms with Crippen molar-refractivity contribution in [1.82, 2.24) is 10.2 Å². The molecule has 0 spiro atoms. The van der Waals surface area contributed by atoms with Crippen molar-refractivity contribution in [3.05, 3.63) is 40.3 Å². The molecule has 2 N–H and O–H groups in total. The van der Waals surface area contributed by atoms with Crippen LogP contribution in [0.5, 0.6) is 0 Å². The Morgan fingerprint density at radius 1 is 1.31 bits per heavy atom. The maximum atomic E-state index is 12.5. The van der Waals surface area contributed by atoms with Gasteiger partial charge in [0, 0.05) is 0 Å². The lowest BCUT2D eigenvalue weighted by atomic mass is 10.0. The molecule has 1 saturated heterocycles. The van der Waals surface area contributed by atoms with E-state index in [0.717, 1.165) is 22.9 Å². The number of rotatable bonds is 6. The lowest BCUT2D eigenvalue weighted by Crippen LogP contribution is -2.48. The van der Waals surface area contributed by atoms with E-state index in [4.69, 9.17) is 17.3 Å². The molecule has 26 heavy (non-hydrogen) atoms. The van der Waals surface area contributed by atoms with Gasteiger partial charge in [0.1, 0.15) is 16.9 Å². The van der Waals surface area contributed by atoms with Crippen molar-refractivity contribution in [3.63, 3.8) is 0 Å². The Balaban J connectivity index is 2.08. The van der Waals surface area contributed by atoms with Crippen LogP contribution >= 0.6 is 24.0 Å². The molecule has 0 aromatic heterocycles. The molecule has 6 nitrogen and oxygen atoms in total. The number of carbonyl (C=O) groups excluding carboxylic acids is 2. The minimum atomic E-state index is -1.11. The van der Waals surface area contributed by atoms with E-state index in [2.05, 4.69) is 5.32 Å². The molecule has 2 rings (SSSR count). The van der Waals surface area contributed by atoms with Crippen molar-refractivity contribution < 1.29 is 19.5 Å². The molecule has 1 aromatic rings. The molecule has 0 radical (unpaired) electrons. The van der Waals surface area contributed by atoms with Gasteiger partial charge in [0.25, 0.3) is 5.91 Å². The molecule has 1 aliphatic heterocycles. The fourth-order valence-electron chi connectivity index (χ4n) is 2.33. The molecule has 1 fully saturated rings. The van der Waals surface area contributed by atoms with Crippen molar-refractivity contribution in [2.75, 3.05) is 6.54 Å². The van der Waals surface area contributed by atoms with E-state index in [9.17, 15) is 14.4 Å². The normalized spacial score (nSPS) is 17.1. The molecule has 0 aliphatic carbocycles. The van der Waals surface area contributed by atoms with E-state index in [0.29, 0.717) is 4.91 Å². The zero-order valence-corrected chi connectivity index (χ0v) is 16.3. The summed E-state index contributed by atoms with van der Waals surface area (Å²) < 4.78 is 0.278. The van der Waals surface area contributed by atoms with E-state index in [-0.39, 0.29) is 22.7 Å². The van der Waals surface area contributed by atoms with E-state index in [1.807, 2.05) is 31.2 Å². The van der Waals surface area contributed by atoms with Crippen molar-refractivity contribution in [2.45, 2.75) is 26.8 Å². The quantitative estimate of drug-likeness (QED) is 0.571. The maximum absolute atomic E-state index is 12.5. The van der Waals surface area contributed by atoms with Crippen LogP contribution in [0.4, 0.5) is 0 Å². The summed E-state index contributed by atoms with van der Waals surface area (Å²) >= 11 is 6.32. The third-order valence-electron chi connectivity index (χ3n) is 3.80. The minimum absolute atomic E-state index is 0.274. The Labute approximate surface area is 161 Å². The minimum Gasteiger partial charge on any atom is -0.480 e. The molecular weight excluding hydrogens is 372 g/mol. The predicted octanol–water partition coefficient (Wildman–Crippen LogP) is 2.42. The van der Waals surface area contributed by atoms with Gasteiger partial charge in [-0.15, -0.1) is 0 Å². The second-order valence-electron chi connectivity index (χ2n) is 6.31. The second-order valence-corrected chi connectivity index (χ2v) is 7.98. The van der Waals surface area contributed by atoms with Crippen LogP contribution in [-0.2, 0) is 14.4 Å². The van der Waals surface area contributed by atoms with Gasteiger partial charge in [-0.2, -0.15) is 0 Å². The average Bonchev–Trinajstić information content (AvgIpc) is 2.81. The van der Waals surface area contributed by atoms with E-state index < -0.39 is 17.9 Å². The van der Waals surface area contributed by atoms with E-state index >= 15 is 0 Å². The Hall–Kier alpha value is -2.19. The summed E-state index contributed by atoms with van der Waals surface area (Å²) in [5.41, 5.74) is 1.98. The predicted molar refractivity (Wildman–Crippen MR) is 105 cm³/mol. The topological polar surface area (TPSA) is 86.7 Å². The molecule has 0 saturated carbocycles. The third kappa shape index (κ3) is 4.92. The molecule has 0 bridgehead atoms. The highest BCUT2D eigenvalue weighted by molar-refractivity contribution is 8.26. The van der Waals surface area contributed by atoms with Gasteiger partial charge in [0.2, 0.25) is 5.91 Å². The number of aliphatic carboxylic acids is 1. The fourth-order valence-corrected chi connectivity index (χ4v) is 3.58. The largest absolute Gasteiger partial charge is 0.480 e. The number of nitrogens with zero attached hydrogens (tertiary/aromatic N) is 1. The van der Waals surface area contributed by atoms with Gasteiger partial charge >= 0.3 is 5.97 Å². The van der Waals surface area contributed by atoms with Gasteiger partial charge in [-0.3, -0.25) is 14.5 Å². The lowest BCUT2D eigenvalue weighted by Gasteiger charge is -2.20. The lowest BCUT2D eigenvalue weighted by molar-refractivity contribution is -0.143. The number of carboxylic acids is 1. The molecule has 1 aliphatic rings. The number of carboxylic acid groups (broad SMARTS) is 1. The Kier molecular flexibility index (Phi) is 6.55. The van der Waals surface area contributed by atoms with Crippen molar-refractivity contribution in [1.29, 1.82) is 0 Å². The Bertz CT molecular complexity index is 772. The smallest absolute Gasteiger partial charge is 0.326 e. The average molecular weight is 393 g/mol. The molecule has 8 heteroatoms. The number of nitrogens with one attached hydrogen (secondary N) is 1. The number of aryl methyl sites for hydroxylation is 1. The summed E-state index contributed by atoms with van der Waals surface area (Å²) in [5.74, 6) is -2.30. The monoisotopic (exact) mass is 392 g/mol. The zero-order chi connectivity index (χ0) is 19.4. The summed E-state index contributed by atoms with van der Waals surface area (Å²) in [6.07, 6.45) is 1.73. The highest BCUT2D eigenvalue weighted by Crippen LogP contribution is 2.32. The SMILES string of the molecule is Cc1ccc(/C=C2\SC(=S)N(CC(=O)NC(C(=O)O)C(C)C)C2=O)cc1. The van der Waals surface area contributed by atoms with Crippen LogP contribution in [0.2, 0.25) is 0 Å². The highest BCUT2D eigenvalue weighted by atomic mass is 32.2. The van der Waals surface area contributed by atoms with Gasteiger partial charge in [-0.05, 0) is 24.5 Å². The van der Waals surface area contributed by atoms with Crippen LogP contribution in [0.15, 0.2) is 29.2 Å². The molecule has 1 unspecified atom stereocenters. The first-order chi connectivity index (χ1) is 12.2. The number of thioether (sulfide) groups is 1. The van der Waals surface area contributed by atoms with E-state index in [1.165, 1.54) is 4.90 Å². The number of carbonyl (C=O) groups is 3. The molecule has 2 amide bonds. The number of hydrogen-bond donors (Lipinski definition) is 2. The molecular formula is C18H20N2O4S2. The number of benzene rings is 1. The number of amides is 2. The summed E-state index contributed by atoms with van der Waals surface area (Å²) in [5, 5.41) is 11.6. The van der Waals surface area contributed by atoms with Crippen LogP contribution in [-0.4, -0.2) is 44.7 Å². The van der Waals surface area contributed by atoms with Crippen LogP contribution in [0.3, 0.4) is 0 Å². The summed E-state index contributed by atoms with van der Waals surface area (Å²) in [6.45, 7) is 5.07. The summed E-state index contributed by atoms with van der Waals surface area (Å²) in [6, 6.07) is 6.67. The zero-order valence-electron chi connectivity index (χ0n) is 14.7. The first kappa shape index (κ1) is 20.1. The van der Waals surface area contributed by atoms with Crippen LogP contribution < -0.4 is 5.32 Å². The number of hydrogen-bond acceptors (Lipinski definition) is 5. The molecule has 1 aromatic carbocycles. The summed E-state index contributed by atoms with van der Waals surface area (Å²) in [4.78, 5) is 37.5. The number of thiocarbonyl (C=S) groups is 1. The van der Waals surface area contributed by atoms with Gasteiger partial charge in [-0.25, -0.2) is 4.79 Å². The van der Waals surface area contributed by atoms with Crippen LogP contribution in [0.25, 0.3) is 6.08 Å². The second kappa shape index (κ2) is 8.46. The van der Waals surface area contributed by atoms with Gasteiger partial charge in [0.05, 0.1) is 4.91 Å². The standard InChI is InChI=1S/C18H20N2O4S2/c1-10(2)15(17(23)24)19-14(21)9-20-16(22)13(26-18(20)25)8-12-6-4-11(3)5-7-12/h4-8,10,15H,9H2,1-3H3,(H,19,21)(H,23,24)/b13-8-. The molecule has 1 heterocycles.